The van der Waals surface area contributed by atoms with Crippen LogP contribution in [0.2, 0.25) is 5.02 Å². The van der Waals surface area contributed by atoms with Crippen molar-refractivity contribution >= 4 is 29.2 Å². The Labute approximate surface area is 131 Å². The van der Waals surface area contributed by atoms with Gasteiger partial charge in [-0.2, -0.15) is 0 Å². The Morgan fingerprint density at radius 2 is 2.09 bits per heavy atom. The Morgan fingerprint density at radius 1 is 1.36 bits per heavy atom. The summed E-state index contributed by atoms with van der Waals surface area (Å²) in [7, 11) is 1.68. The van der Waals surface area contributed by atoms with Gasteiger partial charge in [0.1, 0.15) is 11.5 Å². The SMILES string of the molecule is C[C@@H](OC(=O)c1cccn1C)C(=O)Nc1ccc(Cl)cc1F. The molecule has 22 heavy (non-hydrogen) atoms. The van der Waals surface area contributed by atoms with E-state index in [1.807, 2.05) is 0 Å². The largest absolute Gasteiger partial charge is 0.448 e. The molecule has 0 aliphatic carbocycles. The standard InChI is InChI=1S/C15H14ClFN2O3/c1-9(22-15(21)13-4-3-7-19(13)2)14(20)18-12-6-5-10(16)8-11(12)17/h3-9H,1-2H3,(H,18,20)/t9-/m1/s1. The minimum absolute atomic E-state index is 0.0313. The van der Waals surface area contributed by atoms with Crippen LogP contribution in [0.3, 0.4) is 0 Å². The Kier molecular flexibility index (Phi) is 4.82. The van der Waals surface area contributed by atoms with Crippen molar-refractivity contribution in [2.24, 2.45) is 7.05 Å². The summed E-state index contributed by atoms with van der Waals surface area (Å²) >= 11 is 5.63. The minimum Gasteiger partial charge on any atom is -0.448 e. The third-order valence-electron chi connectivity index (χ3n) is 2.99. The van der Waals surface area contributed by atoms with Crippen LogP contribution in [0.25, 0.3) is 0 Å². The molecule has 0 aliphatic rings. The average molecular weight is 325 g/mol. The molecule has 1 heterocycles. The summed E-state index contributed by atoms with van der Waals surface area (Å²) in [5.41, 5.74) is 0.286. The highest BCUT2D eigenvalue weighted by atomic mass is 35.5. The fraction of sp³-hybridized carbons (Fsp3) is 0.200. The van der Waals surface area contributed by atoms with E-state index >= 15 is 0 Å². The van der Waals surface area contributed by atoms with E-state index in [2.05, 4.69) is 5.32 Å². The number of carbonyl (C=O) groups is 2. The third-order valence-corrected chi connectivity index (χ3v) is 3.23. The number of benzene rings is 1. The predicted octanol–water partition coefficient (Wildman–Crippen LogP) is 3.00. The van der Waals surface area contributed by atoms with Gasteiger partial charge in [-0.05, 0) is 37.3 Å². The molecule has 1 amide bonds. The van der Waals surface area contributed by atoms with Crippen LogP contribution < -0.4 is 5.32 Å². The van der Waals surface area contributed by atoms with Crippen LogP contribution in [-0.2, 0) is 16.6 Å². The maximum atomic E-state index is 13.6. The maximum absolute atomic E-state index is 13.6. The van der Waals surface area contributed by atoms with Gasteiger partial charge in [-0.3, -0.25) is 4.79 Å². The van der Waals surface area contributed by atoms with Crippen LogP contribution in [0.4, 0.5) is 10.1 Å². The van der Waals surface area contributed by atoms with E-state index in [0.717, 1.165) is 6.07 Å². The number of rotatable bonds is 4. The van der Waals surface area contributed by atoms with Crippen molar-refractivity contribution in [2.75, 3.05) is 5.32 Å². The second kappa shape index (κ2) is 6.62. The number of carbonyl (C=O) groups excluding carboxylic acids is 2. The first-order valence-corrected chi connectivity index (χ1v) is 6.84. The molecule has 116 valence electrons. The smallest absolute Gasteiger partial charge is 0.355 e. The van der Waals surface area contributed by atoms with Gasteiger partial charge >= 0.3 is 5.97 Å². The molecule has 0 bridgehead atoms. The molecule has 0 radical (unpaired) electrons. The summed E-state index contributed by atoms with van der Waals surface area (Å²) in [6.07, 6.45) is 0.613. The lowest BCUT2D eigenvalue weighted by Crippen LogP contribution is -2.30. The predicted molar refractivity (Wildman–Crippen MR) is 80.3 cm³/mol. The van der Waals surface area contributed by atoms with E-state index in [1.165, 1.54) is 19.1 Å². The molecule has 0 fully saturated rings. The minimum atomic E-state index is -1.07. The molecule has 5 nitrogen and oxygen atoms in total. The first-order chi connectivity index (χ1) is 10.4. The number of anilines is 1. The summed E-state index contributed by atoms with van der Waals surface area (Å²) in [5.74, 6) is -1.93. The quantitative estimate of drug-likeness (QED) is 0.879. The molecule has 2 rings (SSSR count). The number of esters is 1. The van der Waals surface area contributed by atoms with E-state index in [1.54, 1.807) is 29.9 Å². The van der Waals surface area contributed by atoms with Gasteiger partial charge in [-0.15, -0.1) is 0 Å². The third kappa shape index (κ3) is 3.65. The molecule has 0 unspecified atom stereocenters. The molecule has 1 N–H and O–H groups in total. The Morgan fingerprint density at radius 3 is 2.68 bits per heavy atom. The van der Waals surface area contributed by atoms with Crippen LogP contribution in [0, 0.1) is 5.82 Å². The number of aromatic nitrogens is 1. The zero-order valence-electron chi connectivity index (χ0n) is 12.0. The van der Waals surface area contributed by atoms with Gasteiger partial charge in [0.2, 0.25) is 0 Å². The highest BCUT2D eigenvalue weighted by Crippen LogP contribution is 2.19. The van der Waals surface area contributed by atoms with Crippen molar-refractivity contribution in [1.82, 2.24) is 4.57 Å². The van der Waals surface area contributed by atoms with Crippen molar-refractivity contribution in [3.8, 4) is 0 Å². The number of hydrogen-bond acceptors (Lipinski definition) is 3. The number of ether oxygens (including phenoxy) is 1. The molecular weight excluding hydrogens is 311 g/mol. The summed E-state index contributed by atoms with van der Waals surface area (Å²) in [6.45, 7) is 1.41. The zero-order valence-corrected chi connectivity index (χ0v) is 12.7. The number of amides is 1. The number of nitrogens with zero attached hydrogens (tertiary/aromatic N) is 1. The van der Waals surface area contributed by atoms with Crippen LogP contribution in [-0.4, -0.2) is 22.5 Å². The topological polar surface area (TPSA) is 60.3 Å². The van der Waals surface area contributed by atoms with Crippen molar-refractivity contribution in [3.63, 3.8) is 0 Å². The van der Waals surface area contributed by atoms with Gasteiger partial charge in [0.25, 0.3) is 5.91 Å². The number of nitrogens with one attached hydrogen (secondary N) is 1. The molecule has 0 saturated carbocycles. The van der Waals surface area contributed by atoms with E-state index < -0.39 is 23.8 Å². The second-order valence-corrected chi connectivity index (χ2v) is 5.10. The molecule has 0 spiro atoms. The highest BCUT2D eigenvalue weighted by Gasteiger charge is 2.21. The Balaban J connectivity index is 2.00. The average Bonchev–Trinajstić information content (AvgIpc) is 2.88. The summed E-state index contributed by atoms with van der Waals surface area (Å²) in [6, 6.07) is 7.12. The van der Waals surface area contributed by atoms with E-state index in [9.17, 15) is 14.0 Å². The number of halogens is 2. The van der Waals surface area contributed by atoms with Crippen molar-refractivity contribution < 1.29 is 18.7 Å². The maximum Gasteiger partial charge on any atom is 0.355 e. The lowest BCUT2D eigenvalue weighted by molar-refractivity contribution is -0.123. The Bertz CT molecular complexity index is 715. The molecule has 1 atom stereocenters. The normalized spacial score (nSPS) is 11.8. The summed E-state index contributed by atoms with van der Waals surface area (Å²) < 4.78 is 20.2. The molecule has 0 aliphatic heterocycles. The molecule has 2 aromatic rings. The van der Waals surface area contributed by atoms with Gasteiger partial charge in [0.05, 0.1) is 5.69 Å². The van der Waals surface area contributed by atoms with Crippen molar-refractivity contribution in [1.29, 1.82) is 0 Å². The molecule has 0 saturated heterocycles. The fourth-order valence-corrected chi connectivity index (χ4v) is 1.93. The number of hydrogen-bond donors (Lipinski definition) is 1. The van der Waals surface area contributed by atoms with Crippen LogP contribution in [0.15, 0.2) is 36.5 Å². The summed E-state index contributed by atoms with van der Waals surface area (Å²) in [5, 5.41) is 2.57. The Hall–Kier alpha value is -2.34. The zero-order chi connectivity index (χ0) is 16.3. The van der Waals surface area contributed by atoms with Gasteiger partial charge in [0.15, 0.2) is 6.10 Å². The molecular formula is C15H14ClFN2O3. The fourth-order valence-electron chi connectivity index (χ4n) is 1.77. The first kappa shape index (κ1) is 16.0. The molecule has 7 heteroatoms. The van der Waals surface area contributed by atoms with Gasteiger partial charge in [0, 0.05) is 18.3 Å². The highest BCUT2D eigenvalue weighted by molar-refractivity contribution is 6.30. The number of aryl methyl sites for hydroxylation is 1. The molecule has 1 aromatic heterocycles. The van der Waals surface area contributed by atoms with Crippen LogP contribution in [0.5, 0.6) is 0 Å². The van der Waals surface area contributed by atoms with E-state index in [-0.39, 0.29) is 10.7 Å². The van der Waals surface area contributed by atoms with Crippen molar-refractivity contribution in [2.45, 2.75) is 13.0 Å². The van der Waals surface area contributed by atoms with Crippen LogP contribution >= 0.6 is 11.6 Å². The molecule has 1 aromatic carbocycles. The monoisotopic (exact) mass is 324 g/mol. The van der Waals surface area contributed by atoms with E-state index in [4.69, 9.17) is 16.3 Å². The summed E-state index contributed by atoms with van der Waals surface area (Å²) in [4.78, 5) is 23.8. The van der Waals surface area contributed by atoms with Crippen molar-refractivity contribution in [3.05, 3.63) is 53.1 Å². The lowest BCUT2D eigenvalue weighted by atomic mass is 10.3. The van der Waals surface area contributed by atoms with Crippen LogP contribution in [0.1, 0.15) is 17.4 Å². The van der Waals surface area contributed by atoms with Gasteiger partial charge in [-0.25, -0.2) is 9.18 Å². The lowest BCUT2D eigenvalue weighted by Gasteiger charge is -2.14. The second-order valence-electron chi connectivity index (χ2n) is 4.67. The van der Waals surface area contributed by atoms with Gasteiger partial charge in [-0.1, -0.05) is 11.6 Å². The van der Waals surface area contributed by atoms with Gasteiger partial charge < -0.3 is 14.6 Å². The first-order valence-electron chi connectivity index (χ1n) is 6.46. The van der Waals surface area contributed by atoms with E-state index in [0.29, 0.717) is 5.69 Å².